The molecule has 0 spiro atoms. The van der Waals surface area contributed by atoms with Crippen LogP contribution < -0.4 is 4.74 Å². The molecule has 1 aliphatic rings. The van der Waals surface area contributed by atoms with Gasteiger partial charge in [-0.3, -0.25) is 0 Å². The van der Waals surface area contributed by atoms with Crippen LogP contribution in [0.15, 0.2) is 29.3 Å². The Bertz CT molecular complexity index is 757. The zero-order chi connectivity index (χ0) is 18.7. The monoisotopic (exact) mass is 372 g/mol. The fraction of sp³-hybridized carbons (Fsp3) is 0.524. The van der Waals surface area contributed by atoms with Crippen molar-refractivity contribution in [1.82, 2.24) is 9.97 Å². The SMILES string of the molecule is COc1ccc(-c2nc3c(c(SCCC(C)C)n2)COC(C)(C)C3)cc1. The van der Waals surface area contributed by atoms with Gasteiger partial charge in [-0.1, -0.05) is 13.8 Å². The summed E-state index contributed by atoms with van der Waals surface area (Å²) < 4.78 is 11.3. The molecule has 3 rings (SSSR count). The minimum absolute atomic E-state index is 0.182. The zero-order valence-electron chi connectivity index (χ0n) is 16.3. The molecule has 0 unspecified atom stereocenters. The van der Waals surface area contributed by atoms with Crippen molar-refractivity contribution in [3.63, 3.8) is 0 Å². The predicted molar refractivity (Wildman–Crippen MR) is 107 cm³/mol. The van der Waals surface area contributed by atoms with Crippen LogP contribution >= 0.6 is 11.8 Å². The van der Waals surface area contributed by atoms with Crippen LogP contribution in [0.2, 0.25) is 0 Å². The first kappa shape index (κ1) is 19.2. The number of rotatable bonds is 6. The summed E-state index contributed by atoms with van der Waals surface area (Å²) in [6.45, 7) is 9.34. The highest BCUT2D eigenvalue weighted by Gasteiger charge is 2.30. The number of thioether (sulfide) groups is 1. The van der Waals surface area contributed by atoms with Crippen LogP contribution in [0.25, 0.3) is 11.4 Å². The second-order valence-corrected chi connectivity index (χ2v) is 8.85. The van der Waals surface area contributed by atoms with E-state index in [4.69, 9.17) is 19.4 Å². The lowest BCUT2D eigenvalue weighted by Gasteiger charge is -2.32. The molecule has 0 radical (unpaired) electrons. The highest BCUT2D eigenvalue weighted by molar-refractivity contribution is 7.99. The van der Waals surface area contributed by atoms with E-state index < -0.39 is 0 Å². The van der Waals surface area contributed by atoms with E-state index in [9.17, 15) is 0 Å². The molecule has 0 amide bonds. The van der Waals surface area contributed by atoms with Gasteiger partial charge in [0.1, 0.15) is 10.8 Å². The van der Waals surface area contributed by atoms with Crippen molar-refractivity contribution in [2.75, 3.05) is 12.9 Å². The van der Waals surface area contributed by atoms with E-state index >= 15 is 0 Å². The molecule has 0 aliphatic carbocycles. The molecule has 5 heteroatoms. The summed E-state index contributed by atoms with van der Waals surface area (Å²) in [6, 6.07) is 7.95. The van der Waals surface area contributed by atoms with E-state index in [-0.39, 0.29) is 5.60 Å². The van der Waals surface area contributed by atoms with E-state index in [2.05, 4.69) is 27.7 Å². The summed E-state index contributed by atoms with van der Waals surface area (Å²) >= 11 is 1.82. The Balaban J connectivity index is 1.96. The van der Waals surface area contributed by atoms with Crippen LogP contribution in [0.5, 0.6) is 5.75 Å². The molecule has 2 aromatic rings. The lowest BCUT2D eigenvalue weighted by atomic mass is 9.96. The first-order valence-corrected chi connectivity index (χ1v) is 10.2. The molecular weight excluding hydrogens is 344 g/mol. The van der Waals surface area contributed by atoms with E-state index in [1.54, 1.807) is 7.11 Å². The summed E-state index contributed by atoms with van der Waals surface area (Å²) in [5.41, 5.74) is 3.12. The van der Waals surface area contributed by atoms with Gasteiger partial charge in [-0.2, -0.15) is 0 Å². The van der Waals surface area contributed by atoms with Gasteiger partial charge in [0.15, 0.2) is 5.82 Å². The maximum absolute atomic E-state index is 6.03. The molecule has 0 atom stereocenters. The maximum Gasteiger partial charge on any atom is 0.160 e. The summed E-state index contributed by atoms with van der Waals surface area (Å²) in [6.07, 6.45) is 1.99. The van der Waals surface area contributed by atoms with Crippen LogP contribution in [0, 0.1) is 5.92 Å². The lowest BCUT2D eigenvalue weighted by Crippen LogP contribution is -2.33. The number of ether oxygens (including phenoxy) is 2. The molecule has 0 N–H and O–H groups in total. The van der Waals surface area contributed by atoms with Gasteiger partial charge in [-0.15, -0.1) is 11.8 Å². The van der Waals surface area contributed by atoms with Crippen molar-refractivity contribution in [2.24, 2.45) is 5.92 Å². The molecule has 0 saturated heterocycles. The lowest BCUT2D eigenvalue weighted by molar-refractivity contribution is -0.0428. The Morgan fingerprint density at radius 3 is 2.58 bits per heavy atom. The predicted octanol–water partition coefficient (Wildman–Crippen LogP) is 5.14. The molecular formula is C21H28N2O2S. The molecule has 2 heterocycles. The summed E-state index contributed by atoms with van der Waals surface area (Å²) in [5.74, 6) is 3.38. The molecule has 1 aromatic carbocycles. The number of methoxy groups -OCH3 is 1. The van der Waals surface area contributed by atoms with Crippen molar-refractivity contribution >= 4 is 11.8 Å². The normalized spacial score (nSPS) is 15.8. The second kappa shape index (κ2) is 7.97. The highest BCUT2D eigenvalue weighted by atomic mass is 32.2. The van der Waals surface area contributed by atoms with Crippen LogP contribution in [-0.2, 0) is 17.8 Å². The summed E-state index contributed by atoms with van der Waals surface area (Å²) in [7, 11) is 1.68. The highest BCUT2D eigenvalue weighted by Crippen LogP contribution is 2.34. The number of fused-ring (bicyclic) bond motifs is 1. The quantitative estimate of drug-likeness (QED) is 0.519. The molecule has 26 heavy (non-hydrogen) atoms. The van der Waals surface area contributed by atoms with E-state index in [0.717, 1.165) is 45.6 Å². The standard InChI is InChI=1S/C21H28N2O2S/c1-14(2)10-11-26-20-17-13-25-21(3,4)12-18(17)22-19(23-20)15-6-8-16(24-5)9-7-15/h6-9,14H,10-13H2,1-5H3. The number of nitrogens with zero attached hydrogens (tertiary/aromatic N) is 2. The Hall–Kier alpha value is -1.59. The molecule has 140 valence electrons. The van der Waals surface area contributed by atoms with Crippen molar-refractivity contribution in [2.45, 2.75) is 57.8 Å². The third kappa shape index (κ3) is 4.57. The average molecular weight is 373 g/mol. The van der Waals surface area contributed by atoms with Gasteiger partial charge in [-0.25, -0.2) is 9.97 Å². The van der Waals surface area contributed by atoms with Crippen molar-refractivity contribution in [3.05, 3.63) is 35.5 Å². The first-order chi connectivity index (χ1) is 12.4. The Labute approximate surface area is 160 Å². The maximum atomic E-state index is 6.03. The molecule has 0 fully saturated rings. The average Bonchev–Trinajstić information content (AvgIpc) is 2.60. The third-order valence-corrected chi connectivity index (χ3v) is 5.59. The number of benzene rings is 1. The van der Waals surface area contributed by atoms with Crippen LogP contribution in [0.3, 0.4) is 0 Å². The Morgan fingerprint density at radius 1 is 1.19 bits per heavy atom. The molecule has 4 nitrogen and oxygen atoms in total. The van der Waals surface area contributed by atoms with Gasteiger partial charge in [0.05, 0.1) is 25.0 Å². The smallest absolute Gasteiger partial charge is 0.160 e. The van der Waals surface area contributed by atoms with Gasteiger partial charge < -0.3 is 9.47 Å². The summed E-state index contributed by atoms with van der Waals surface area (Å²) in [5, 5.41) is 1.07. The Morgan fingerprint density at radius 2 is 1.92 bits per heavy atom. The van der Waals surface area contributed by atoms with Crippen molar-refractivity contribution in [1.29, 1.82) is 0 Å². The fourth-order valence-corrected chi connectivity index (χ4v) is 4.18. The van der Waals surface area contributed by atoms with E-state index in [1.165, 1.54) is 6.42 Å². The fourth-order valence-electron chi connectivity index (χ4n) is 2.90. The molecule has 0 saturated carbocycles. The number of hydrogen-bond acceptors (Lipinski definition) is 5. The van der Waals surface area contributed by atoms with Crippen molar-refractivity contribution in [3.8, 4) is 17.1 Å². The van der Waals surface area contributed by atoms with Crippen molar-refractivity contribution < 1.29 is 9.47 Å². The zero-order valence-corrected chi connectivity index (χ0v) is 17.2. The largest absolute Gasteiger partial charge is 0.497 e. The molecule has 1 aromatic heterocycles. The topological polar surface area (TPSA) is 44.2 Å². The van der Waals surface area contributed by atoms with Gasteiger partial charge in [0.25, 0.3) is 0 Å². The minimum atomic E-state index is -0.182. The van der Waals surface area contributed by atoms with E-state index in [1.807, 2.05) is 36.0 Å². The van der Waals surface area contributed by atoms with Gasteiger partial charge in [0.2, 0.25) is 0 Å². The minimum Gasteiger partial charge on any atom is -0.497 e. The van der Waals surface area contributed by atoms with Crippen LogP contribution in [0.1, 0.15) is 45.4 Å². The van der Waals surface area contributed by atoms with Gasteiger partial charge in [-0.05, 0) is 56.2 Å². The van der Waals surface area contributed by atoms with Crippen LogP contribution in [0.4, 0.5) is 0 Å². The molecule has 1 aliphatic heterocycles. The second-order valence-electron chi connectivity index (χ2n) is 7.76. The third-order valence-electron chi connectivity index (χ3n) is 4.54. The van der Waals surface area contributed by atoms with Gasteiger partial charge >= 0.3 is 0 Å². The van der Waals surface area contributed by atoms with Gasteiger partial charge in [0, 0.05) is 17.5 Å². The van der Waals surface area contributed by atoms with Crippen LogP contribution in [-0.4, -0.2) is 28.4 Å². The number of aromatic nitrogens is 2. The summed E-state index contributed by atoms with van der Waals surface area (Å²) in [4.78, 5) is 9.78. The molecule has 0 bridgehead atoms. The number of hydrogen-bond donors (Lipinski definition) is 0. The Kier molecular flexibility index (Phi) is 5.88. The first-order valence-electron chi connectivity index (χ1n) is 9.19. The van der Waals surface area contributed by atoms with E-state index in [0.29, 0.717) is 12.5 Å².